The van der Waals surface area contributed by atoms with E-state index in [9.17, 15) is 9.59 Å². The van der Waals surface area contributed by atoms with Gasteiger partial charge in [-0.2, -0.15) is 0 Å². The standard InChI is InChI=1S/C14H12BrNO5/c15-9-2-1-3-10-8(9)6-11(21-10)13(17)16-4-5-20-12(7-16)14(18)19/h1-3,6,12H,4-5,7H2,(H,18,19). The highest BCUT2D eigenvalue weighted by atomic mass is 79.9. The first-order chi connectivity index (χ1) is 10.1. The van der Waals surface area contributed by atoms with Gasteiger partial charge in [0, 0.05) is 16.4 Å². The van der Waals surface area contributed by atoms with Crippen LogP contribution in [0.2, 0.25) is 0 Å². The summed E-state index contributed by atoms with van der Waals surface area (Å²) in [5.41, 5.74) is 0.607. The summed E-state index contributed by atoms with van der Waals surface area (Å²) in [6.07, 6.45) is -0.987. The van der Waals surface area contributed by atoms with Gasteiger partial charge in [0.1, 0.15) is 5.58 Å². The molecule has 0 aliphatic carbocycles. The molecule has 1 aliphatic rings. The van der Waals surface area contributed by atoms with Crippen LogP contribution in [0.1, 0.15) is 10.6 Å². The highest BCUT2D eigenvalue weighted by Crippen LogP contribution is 2.27. The van der Waals surface area contributed by atoms with Crippen molar-refractivity contribution in [3.05, 3.63) is 34.5 Å². The molecule has 21 heavy (non-hydrogen) atoms. The number of carboxylic acid groups (broad SMARTS) is 1. The molecule has 0 saturated carbocycles. The second kappa shape index (κ2) is 5.50. The molecule has 1 aromatic heterocycles. The summed E-state index contributed by atoms with van der Waals surface area (Å²) in [6.45, 7) is 0.569. The van der Waals surface area contributed by atoms with Crippen LogP contribution in [0, 0.1) is 0 Å². The first-order valence-corrected chi connectivity index (χ1v) is 7.17. The lowest BCUT2D eigenvalue weighted by molar-refractivity contribution is -0.154. The fourth-order valence-electron chi connectivity index (χ4n) is 2.27. The van der Waals surface area contributed by atoms with Crippen molar-refractivity contribution in [2.45, 2.75) is 6.10 Å². The minimum absolute atomic E-state index is 0.0202. The molecular formula is C14H12BrNO5. The molecule has 0 spiro atoms. The molecule has 110 valence electrons. The number of carboxylic acids is 1. The summed E-state index contributed by atoms with van der Waals surface area (Å²) in [4.78, 5) is 24.8. The number of nitrogens with zero attached hydrogens (tertiary/aromatic N) is 1. The fourth-order valence-corrected chi connectivity index (χ4v) is 2.73. The number of carbonyl (C=O) groups excluding carboxylic acids is 1. The van der Waals surface area contributed by atoms with E-state index in [1.54, 1.807) is 12.1 Å². The van der Waals surface area contributed by atoms with E-state index in [-0.39, 0.29) is 24.8 Å². The molecule has 7 heteroatoms. The maximum atomic E-state index is 12.4. The summed E-state index contributed by atoms with van der Waals surface area (Å²) >= 11 is 3.40. The van der Waals surface area contributed by atoms with Crippen LogP contribution in [-0.2, 0) is 9.53 Å². The molecule has 2 heterocycles. The second-order valence-corrected chi connectivity index (χ2v) is 5.57. The summed E-state index contributed by atoms with van der Waals surface area (Å²) in [5.74, 6) is -1.20. The van der Waals surface area contributed by atoms with Crippen molar-refractivity contribution in [3.8, 4) is 0 Å². The largest absolute Gasteiger partial charge is 0.479 e. The van der Waals surface area contributed by atoms with Gasteiger partial charge in [-0.05, 0) is 18.2 Å². The van der Waals surface area contributed by atoms with Gasteiger partial charge in [-0.3, -0.25) is 4.79 Å². The van der Waals surface area contributed by atoms with E-state index in [2.05, 4.69) is 15.9 Å². The number of halogens is 1. The molecule has 2 aromatic rings. The number of morpholine rings is 1. The molecule has 1 saturated heterocycles. The minimum atomic E-state index is -1.07. The number of ether oxygens (including phenoxy) is 1. The zero-order chi connectivity index (χ0) is 15.0. The fraction of sp³-hybridized carbons (Fsp3) is 0.286. The van der Waals surface area contributed by atoms with E-state index in [1.165, 1.54) is 4.90 Å². The Labute approximate surface area is 128 Å². The monoisotopic (exact) mass is 353 g/mol. The number of benzene rings is 1. The summed E-state index contributed by atoms with van der Waals surface area (Å²) in [7, 11) is 0. The Bertz CT molecular complexity index is 710. The van der Waals surface area contributed by atoms with Gasteiger partial charge >= 0.3 is 5.97 Å². The SMILES string of the molecule is O=C(O)C1CN(C(=O)c2cc3c(Br)cccc3o2)CCO1. The number of hydrogen-bond donors (Lipinski definition) is 1. The first kappa shape index (κ1) is 14.1. The van der Waals surface area contributed by atoms with Crippen molar-refractivity contribution in [3.63, 3.8) is 0 Å². The van der Waals surface area contributed by atoms with Crippen LogP contribution in [0.25, 0.3) is 11.0 Å². The second-order valence-electron chi connectivity index (χ2n) is 4.71. The Kier molecular flexibility index (Phi) is 3.69. The van der Waals surface area contributed by atoms with Crippen molar-refractivity contribution in [1.82, 2.24) is 4.90 Å². The van der Waals surface area contributed by atoms with E-state index < -0.39 is 12.1 Å². The van der Waals surface area contributed by atoms with E-state index >= 15 is 0 Å². The summed E-state index contributed by atoms with van der Waals surface area (Å²) in [5, 5.41) is 9.78. The number of hydrogen-bond acceptors (Lipinski definition) is 4. The Morgan fingerprint density at radius 1 is 1.38 bits per heavy atom. The molecule has 1 aliphatic heterocycles. The maximum Gasteiger partial charge on any atom is 0.334 e. The highest BCUT2D eigenvalue weighted by Gasteiger charge is 2.30. The van der Waals surface area contributed by atoms with E-state index in [0.717, 1.165) is 9.86 Å². The number of fused-ring (bicyclic) bond motifs is 1. The van der Waals surface area contributed by atoms with Crippen LogP contribution in [-0.4, -0.2) is 47.7 Å². The molecule has 1 amide bonds. The number of amides is 1. The van der Waals surface area contributed by atoms with Gasteiger partial charge in [0.05, 0.1) is 13.2 Å². The van der Waals surface area contributed by atoms with Gasteiger partial charge < -0.3 is 19.2 Å². The smallest absolute Gasteiger partial charge is 0.334 e. The van der Waals surface area contributed by atoms with Crippen LogP contribution in [0.3, 0.4) is 0 Å². The van der Waals surface area contributed by atoms with Crippen molar-refractivity contribution in [1.29, 1.82) is 0 Å². The van der Waals surface area contributed by atoms with Crippen LogP contribution in [0.15, 0.2) is 33.2 Å². The third-order valence-electron chi connectivity index (χ3n) is 3.35. The number of rotatable bonds is 2. The molecule has 1 atom stereocenters. The van der Waals surface area contributed by atoms with E-state index in [0.29, 0.717) is 12.1 Å². The zero-order valence-corrected chi connectivity index (χ0v) is 12.5. The van der Waals surface area contributed by atoms with Crippen molar-refractivity contribution in [2.75, 3.05) is 19.7 Å². The molecule has 1 N–H and O–H groups in total. The van der Waals surface area contributed by atoms with Gasteiger partial charge in [-0.25, -0.2) is 4.79 Å². The Morgan fingerprint density at radius 3 is 2.90 bits per heavy atom. The lowest BCUT2D eigenvalue weighted by atomic mass is 10.2. The Hall–Kier alpha value is -1.86. The Balaban J connectivity index is 1.86. The first-order valence-electron chi connectivity index (χ1n) is 6.38. The minimum Gasteiger partial charge on any atom is -0.479 e. The molecule has 1 fully saturated rings. The van der Waals surface area contributed by atoms with Crippen LogP contribution >= 0.6 is 15.9 Å². The number of furan rings is 1. The van der Waals surface area contributed by atoms with Gasteiger partial charge in [0.15, 0.2) is 11.9 Å². The van der Waals surface area contributed by atoms with E-state index in [1.807, 2.05) is 12.1 Å². The van der Waals surface area contributed by atoms with E-state index in [4.69, 9.17) is 14.3 Å². The number of carbonyl (C=O) groups is 2. The zero-order valence-electron chi connectivity index (χ0n) is 10.9. The third-order valence-corrected chi connectivity index (χ3v) is 4.04. The Morgan fingerprint density at radius 2 is 2.19 bits per heavy atom. The topological polar surface area (TPSA) is 80.0 Å². The third kappa shape index (κ3) is 2.66. The lowest BCUT2D eigenvalue weighted by Crippen LogP contribution is -2.48. The molecule has 0 radical (unpaired) electrons. The predicted octanol–water partition coefficient (Wildman–Crippen LogP) is 2.12. The summed E-state index contributed by atoms with van der Waals surface area (Å²) < 4.78 is 11.5. The average molecular weight is 354 g/mol. The molecular weight excluding hydrogens is 342 g/mol. The highest BCUT2D eigenvalue weighted by molar-refractivity contribution is 9.10. The van der Waals surface area contributed by atoms with Crippen LogP contribution < -0.4 is 0 Å². The lowest BCUT2D eigenvalue weighted by Gasteiger charge is -2.30. The van der Waals surface area contributed by atoms with Crippen molar-refractivity contribution in [2.24, 2.45) is 0 Å². The quantitative estimate of drug-likeness (QED) is 0.894. The van der Waals surface area contributed by atoms with Gasteiger partial charge in [-0.1, -0.05) is 22.0 Å². The average Bonchev–Trinajstić information content (AvgIpc) is 2.92. The normalized spacial score (nSPS) is 18.9. The van der Waals surface area contributed by atoms with Gasteiger partial charge in [-0.15, -0.1) is 0 Å². The molecule has 6 nitrogen and oxygen atoms in total. The van der Waals surface area contributed by atoms with Crippen LogP contribution in [0.5, 0.6) is 0 Å². The van der Waals surface area contributed by atoms with Crippen molar-refractivity contribution < 1.29 is 23.8 Å². The molecule has 1 unspecified atom stereocenters. The van der Waals surface area contributed by atoms with Gasteiger partial charge in [0.25, 0.3) is 5.91 Å². The van der Waals surface area contributed by atoms with Crippen LogP contribution in [0.4, 0.5) is 0 Å². The molecule has 3 rings (SSSR count). The van der Waals surface area contributed by atoms with Crippen molar-refractivity contribution >= 4 is 38.8 Å². The number of aliphatic carboxylic acids is 1. The molecule has 1 aromatic carbocycles. The van der Waals surface area contributed by atoms with Gasteiger partial charge in [0.2, 0.25) is 0 Å². The molecule has 0 bridgehead atoms. The predicted molar refractivity (Wildman–Crippen MR) is 77.2 cm³/mol. The summed E-state index contributed by atoms with van der Waals surface area (Å²) in [6, 6.07) is 7.11. The maximum absolute atomic E-state index is 12.4.